The molecule has 0 saturated carbocycles. The molecule has 0 bridgehead atoms. The number of hydrogen-bond acceptors (Lipinski definition) is 2. The molecule has 0 fully saturated rings. The van der Waals surface area contributed by atoms with Crippen LogP contribution in [0.3, 0.4) is 0 Å². The van der Waals surface area contributed by atoms with Crippen LogP contribution in [0, 0.1) is 0 Å². The van der Waals surface area contributed by atoms with Gasteiger partial charge in [-0.2, -0.15) is 0 Å². The van der Waals surface area contributed by atoms with Crippen LogP contribution < -0.4 is 10.4 Å². The Balaban J connectivity index is 0.000000280. The van der Waals surface area contributed by atoms with Crippen LogP contribution in [0.4, 0.5) is 0 Å². The molecule has 0 aliphatic carbocycles. The van der Waals surface area contributed by atoms with Crippen molar-refractivity contribution >= 4 is 19.9 Å². The maximum absolute atomic E-state index is 8.82. The zero-order valence-corrected chi connectivity index (χ0v) is 11.9. The topological polar surface area (TPSA) is 74.6 Å². The van der Waals surface area contributed by atoms with Crippen molar-refractivity contribution in [1.82, 2.24) is 0 Å². The Labute approximate surface area is 110 Å². The van der Waals surface area contributed by atoms with Gasteiger partial charge in [0.1, 0.15) is 9.52 Å². The summed E-state index contributed by atoms with van der Waals surface area (Å²) >= 11 is -5.25. The predicted octanol–water partition coefficient (Wildman–Crippen LogP) is -0.280. The van der Waals surface area contributed by atoms with Crippen molar-refractivity contribution in [2.24, 2.45) is 0 Å². The monoisotopic (exact) mass is 301 g/mol. The van der Waals surface area contributed by atoms with Crippen LogP contribution >= 0.6 is 0 Å². The molecule has 2 rings (SSSR count). The molecule has 0 spiro atoms. The Morgan fingerprint density at radius 3 is 1.28 bits per heavy atom. The zero-order chi connectivity index (χ0) is 13.4. The summed E-state index contributed by atoms with van der Waals surface area (Å²) in [4.78, 5) is 0. The molecule has 0 saturated heterocycles. The molecule has 0 unspecified atom stereocenters. The van der Waals surface area contributed by atoms with Crippen LogP contribution in [0.25, 0.3) is 0 Å². The van der Waals surface area contributed by atoms with Gasteiger partial charge in [-0.05, 0) is 0 Å². The minimum Gasteiger partial charge on any atom is -0.0632 e. The smallest absolute Gasteiger partial charge is 0.0632 e. The van der Waals surface area contributed by atoms with Crippen LogP contribution in [0.5, 0.6) is 0 Å². The second-order valence-corrected chi connectivity index (χ2v) is 6.43. The summed E-state index contributed by atoms with van der Waals surface area (Å²) in [7, 11) is 0.271. The fourth-order valence-electron chi connectivity index (χ4n) is 1.29. The maximum Gasteiger partial charge on any atom is 0.103 e. The molecule has 4 nitrogen and oxygen atoms in total. The van der Waals surface area contributed by atoms with Gasteiger partial charge in [0.05, 0.1) is 0 Å². The molecule has 2 N–H and O–H groups in total. The summed E-state index contributed by atoms with van der Waals surface area (Å²) in [5.74, 6) is 0. The van der Waals surface area contributed by atoms with Crippen molar-refractivity contribution in [1.29, 1.82) is 0 Å². The van der Waals surface area contributed by atoms with Crippen molar-refractivity contribution in [2.75, 3.05) is 0 Å². The molecule has 0 aromatic heterocycles. The third kappa shape index (κ3) is 7.90. The molecule has 0 aliphatic rings. The van der Waals surface area contributed by atoms with Gasteiger partial charge in [-0.15, -0.1) is 0 Å². The van der Waals surface area contributed by atoms with Gasteiger partial charge in [0.25, 0.3) is 0 Å². The van der Waals surface area contributed by atoms with Crippen LogP contribution in [-0.4, -0.2) is 17.8 Å². The van der Waals surface area contributed by atoms with Gasteiger partial charge in [-0.25, -0.2) is 0 Å². The summed E-state index contributed by atoms with van der Waals surface area (Å²) in [6, 6.07) is 21.3. The first-order valence-electron chi connectivity index (χ1n) is 5.10. The Bertz CT molecular complexity index is 510. The van der Waals surface area contributed by atoms with Crippen molar-refractivity contribution in [3.63, 3.8) is 0 Å². The third-order valence-corrected chi connectivity index (χ3v) is 3.37. The van der Waals surface area contributed by atoms with E-state index in [9.17, 15) is 0 Å². The minimum atomic E-state index is -5.25. The van der Waals surface area contributed by atoms with Crippen molar-refractivity contribution in [2.45, 2.75) is 0 Å². The van der Waals surface area contributed by atoms with Crippen LogP contribution in [0.15, 0.2) is 60.7 Å². The molecular weight excluding hydrogens is 288 g/mol. The molecule has 0 aliphatic heterocycles. The molecule has 0 heterocycles. The van der Waals surface area contributed by atoms with Crippen LogP contribution in [0.1, 0.15) is 0 Å². The van der Waals surface area contributed by atoms with E-state index in [-0.39, 0.29) is 9.52 Å². The van der Waals surface area contributed by atoms with E-state index in [4.69, 9.17) is 15.9 Å². The zero-order valence-electron chi connectivity index (χ0n) is 9.47. The van der Waals surface area contributed by atoms with E-state index in [1.54, 1.807) is 0 Å². The van der Waals surface area contributed by atoms with Crippen LogP contribution in [0.2, 0.25) is 0 Å². The van der Waals surface area contributed by atoms with E-state index in [2.05, 4.69) is 60.7 Å². The first-order valence-corrected chi connectivity index (χ1v) is 8.43. The molecule has 0 atom stereocenters. The summed E-state index contributed by atoms with van der Waals surface area (Å²) in [5.41, 5.74) is 0. The van der Waals surface area contributed by atoms with Crippen molar-refractivity contribution in [3.05, 3.63) is 60.7 Å². The van der Waals surface area contributed by atoms with Crippen LogP contribution in [-0.2, 0) is 21.2 Å². The van der Waals surface area contributed by atoms with Gasteiger partial charge in [0.15, 0.2) is 0 Å². The summed E-state index contributed by atoms with van der Waals surface area (Å²) in [6.07, 6.45) is 0. The first-order chi connectivity index (χ1) is 8.45. The molecule has 6 heteroatoms. The minimum absolute atomic E-state index is 0.271. The SMILES string of the molecule is [O]=[Cr](=[O])([OH])[OH].c1ccc([SiH]c2ccccc2)cc1. The maximum atomic E-state index is 8.82. The van der Waals surface area contributed by atoms with E-state index in [0.29, 0.717) is 0 Å². The second-order valence-electron chi connectivity index (χ2n) is 3.41. The van der Waals surface area contributed by atoms with E-state index >= 15 is 0 Å². The van der Waals surface area contributed by atoms with E-state index in [0.717, 1.165) is 0 Å². The number of hydrogen-bond donors (Lipinski definition) is 2. The van der Waals surface area contributed by atoms with Gasteiger partial charge >= 0.3 is 29.5 Å². The standard InChI is InChI=1S/C12H11Si.Cr.2H2O.2O/c1-3-7-11(8-4-1)13-12-9-5-2-6-10-12;;;;;/h1-10,13H;;2*1H2;;/q;+2;;;;/p-2. The Hall–Kier alpha value is -1.29. The Morgan fingerprint density at radius 1 is 0.722 bits per heavy atom. The first kappa shape index (κ1) is 14.8. The quantitative estimate of drug-likeness (QED) is 0.748. The molecule has 2 aromatic carbocycles. The van der Waals surface area contributed by atoms with Gasteiger partial charge in [-0.1, -0.05) is 71.0 Å². The fraction of sp³-hybridized carbons (Fsp3) is 0. The predicted molar refractivity (Wildman–Crippen MR) is 65.1 cm³/mol. The van der Waals surface area contributed by atoms with E-state index in [1.807, 2.05) is 0 Å². The summed E-state index contributed by atoms with van der Waals surface area (Å²) in [5, 5.41) is 2.90. The Morgan fingerprint density at radius 2 is 1.00 bits per heavy atom. The van der Waals surface area contributed by atoms with Crippen molar-refractivity contribution in [3.8, 4) is 0 Å². The fourth-order valence-corrected chi connectivity index (χ4v) is 2.51. The summed E-state index contributed by atoms with van der Waals surface area (Å²) in [6.45, 7) is 0. The van der Waals surface area contributed by atoms with E-state index < -0.39 is 13.6 Å². The molecule has 18 heavy (non-hydrogen) atoms. The van der Waals surface area contributed by atoms with Gasteiger partial charge in [0.2, 0.25) is 0 Å². The Kier molecular flexibility index (Phi) is 5.92. The van der Waals surface area contributed by atoms with Gasteiger partial charge in [0, 0.05) is 0 Å². The van der Waals surface area contributed by atoms with E-state index in [1.165, 1.54) is 10.4 Å². The largest absolute Gasteiger partial charge is 0.103 e. The number of benzene rings is 2. The number of rotatable bonds is 2. The van der Waals surface area contributed by atoms with Gasteiger partial charge < -0.3 is 0 Å². The summed E-state index contributed by atoms with van der Waals surface area (Å²) < 4.78 is 31.9. The third-order valence-electron chi connectivity index (χ3n) is 1.93. The average molecular weight is 301 g/mol. The second kappa shape index (κ2) is 7.21. The molecule has 1 radical (unpaired) electrons. The van der Waals surface area contributed by atoms with Gasteiger partial charge in [-0.3, -0.25) is 0 Å². The van der Waals surface area contributed by atoms with Crippen molar-refractivity contribution < 1.29 is 29.5 Å². The normalized spacial score (nSPS) is 10.3. The molecule has 95 valence electrons. The molecule has 0 amide bonds. The molecular formula is C12H13CrO4Si. The molecule has 2 aromatic rings. The average Bonchev–Trinajstić information content (AvgIpc) is 2.29.